The Bertz CT molecular complexity index is 3110. The number of rotatable bonds is 9. The summed E-state index contributed by atoms with van der Waals surface area (Å²) in [6.07, 6.45) is 8.44. The van der Waals surface area contributed by atoms with Crippen LogP contribution in [-0.2, 0) is 10.8 Å². The quantitative estimate of drug-likeness (QED) is 0.140. The van der Waals surface area contributed by atoms with Crippen LogP contribution in [0.25, 0.3) is 44.5 Å². The largest absolute Gasteiger partial charge is 0.310 e. The van der Waals surface area contributed by atoms with Gasteiger partial charge in [0.2, 0.25) is 0 Å². The van der Waals surface area contributed by atoms with Gasteiger partial charge in [0.25, 0.3) is 0 Å². The molecule has 4 fully saturated rings. The van der Waals surface area contributed by atoms with Crippen LogP contribution in [-0.4, -0.2) is 0 Å². The molecule has 0 aliphatic heterocycles. The van der Waals surface area contributed by atoms with Gasteiger partial charge in [0.15, 0.2) is 0 Å². The van der Waals surface area contributed by atoms with Gasteiger partial charge in [-0.15, -0.1) is 0 Å². The molecular weight excluding hydrogens is 795 g/mol. The standard InChI is InChI=1S/C65H53N/c1-5-17-48(18-6-1)56-25-13-14-26-57(56)50-29-33-54(34-30-50)66(55-35-31-51(32-36-55)64-42-45-37-46(43-64)39-47(38-45)44-64)63-41-62-60(40-59(63)49-19-7-2-8-20-49)58-27-15-16-28-61(58)65(62,52-21-9-3-10-22-52)53-23-11-4-12-24-53/h1-36,40-41,45-47H,37-39,42-44H2. The van der Waals surface area contributed by atoms with E-state index in [2.05, 4.69) is 235 Å². The van der Waals surface area contributed by atoms with E-state index in [1.807, 2.05) is 0 Å². The van der Waals surface area contributed by atoms with Crippen molar-refractivity contribution in [3.63, 3.8) is 0 Å². The van der Waals surface area contributed by atoms with Gasteiger partial charge in [-0.3, -0.25) is 0 Å². The first-order valence-corrected chi connectivity index (χ1v) is 24.3. The molecular formula is C65H53N. The lowest BCUT2D eigenvalue weighted by Crippen LogP contribution is -2.48. The molecule has 5 aliphatic rings. The van der Waals surface area contributed by atoms with Crippen molar-refractivity contribution < 1.29 is 0 Å². The van der Waals surface area contributed by atoms with E-state index in [9.17, 15) is 0 Å². The topological polar surface area (TPSA) is 3.24 Å². The van der Waals surface area contributed by atoms with E-state index >= 15 is 0 Å². The van der Waals surface area contributed by atoms with Crippen molar-refractivity contribution in [1.29, 1.82) is 0 Å². The lowest BCUT2D eigenvalue weighted by Gasteiger charge is -2.57. The Morgan fingerprint density at radius 1 is 0.318 bits per heavy atom. The molecule has 0 amide bonds. The summed E-state index contributed by atoms with van der Waals surface area (Å²) in [5, 5.41) is 0. The highest BCUT2D eigenvalue weighted by Crippen LogP contribution is 2.62. The summed E-state index contributed by atoms with van der Waals surface area (Å²) in [6.45, 7) is 0. The van der Waals surface area contributed by atoms with Gasteiger partial charge in [-0.1, -0.05) is 194 Å². The monoisotopic (exact) mass is 847 g/mol. The third kappa shape index (κ3) is 6.28. The van der Waals surface area contributed by atoms with Crippen LogP contribution >= 0.6 is 0 Å². The Kier molecular flexibility index (Phi) is 9.34. The minimum absolute atomic E-state index is 0.325. The van der Waals surface area contributed by atoms with Crippen LogP contribution in [0.5, 0.6) is 0 Å². The smallest absolute Gasteiger partial charge is 0.0714 e. The molecule has 1 heteroatoms. The van der Waals surface area contributed by atoms with E-state index in [0.29, 0.717) is 5.41 Å². The lowest BCUT2D eigenvalue weighted by molar-refractivity contribution is -0.00518. The van der Waals surface area contributed by atoms with Crippen LogP contribution in [0.4, 0.5) is 17.1 Å². The molecule has 0 spiro atoms. The molecule has 4 saturated carbocycles. The van der Waals surface area contributed by atoms with Crippen LogP contribution in [0.2, 0.25) is 0 Å². The molecule has 0 saturated heterocycles. The van der Waals surface area contributed by atoms with E-state index in [-0.39, 0.29) is 0 Å². The van der Waals surface area contributed by atoms with E-state index in [1.165, 1.54) is 117 Å². The zero-order valence-corrected chi connectivity index (χ0v) is 37.4. The third-order valence-electron chi connectivity index (χ3n) is 16.1. The van der Waals surface area contributed by atoms with Gasteiger partial charge in [0.05, 0.1) is 11.1 Å². The maximum atomic E-state index is 2.56. The molecule has 14 rings (SSSR count). The summed E-state index contributed by atoms with van der Waals surface area (Å²) in [4.78, 5) is 2.56. The van der Waals surface area contributed by atoms with Gasteiger partial charge in [-0.05, 0) is 165 Å². The summed E-state index contributed by atoms with van der Waals surface area (Å²) >= 11 is 0. The predicted octanol–water partition coefficient (Wildman–Crippen LogP) is 17.0. The average Bonchev–Trinajstić information content (AvgIpc) is 3.67. The Balaban J connectivity index is 1.04. The van der Waals surface area contributed by atoms with Gasteiger partial charge in [-0.2, -0.15) is 0 Å². The average molecular weight is 848 g/mol. The van der Waals surface area contributed by atoms with Crippen molar-refractivity contribution in [2.45, 2.75) is 49.4 Å². The SMILES string of the molecule is c1ccc(-c2ccccc2-c2ccc(N(c3ccc(C45CC6CC(CC(C6)C4)C5)cc3)c3cc4c(cc3-c3ccccc3)-c3ccccc3C4(c3ccccc3)c3ccccc3)cc2)cc1. The summed E-state index contributed by atoms with van der Waals surface area (Å²) in [6, 6.07) is 86.6. The second-order valence-electron chi connectivity index (χ2n) is 19.8. The molecule has 5 aliphatic carbocycles. The van der Waals surface area contributed by atoms with Crippen molar-refractivity contribution >= 4 is 17.1 Å². The third-order valence-corrected chi connectivity index (χ3v) is 16.1. The number of anilines is 3. The molecule has 318 valence electrons. The number of hydrogen-bond donors (Lipinski definition) is 0. The predicted molar refractivity (Wildman–Crippen MR) is 275 cm³/mol. The fourth-order valence-corrected chi connectivity index (χ4v) is 13.8. The summed E-state index contributed by atoms with van der Waals surface area (Å²) in [5.41, 5.74) is 19.9. The summed E-state index contributed by atoms with van der Waals surface area (Å²) in [7, 11) is 0. The van der Waals surface area contributed by atoms with Crippen LogP contribution in [0.3, 0.4) is 0 Å². The van der Waals surface area contributed by atoms with Gasteiger partial charge < -0.3 is 4.90 Å². The summed E-state index contributed by atoms with van der Waals surface area (Å²) < 4.78 is 0. The van der Waals surface area contributed by atoms with Gasteiger partial charge in [-0.25, -0.2) is 0 Å². The highest BCUT2D eigenvalue weighted by Gasteiger charge is 2.52. The van der Waals surface area contributed by atoms with Gasteiger partial charge >= 0.3 is 0 Å². The van der Waals surface area contributed by atoms with Crippen LogP contribution in [0, 0.1) is 17.8 Å². The van der Waals surface area contributed by atoms with E-state index in [1.54, 1.807) is 5.56 Å². The number of benzene rings is 9. The number of fused-ring (bicyclic) bond motifs is 3. The molecule has 0 heterocycles. The van der Waals surface area contributed by atoms with Crippen molar-refractivity contribution in [2.24, 2.45) is 17.8 Å². The Morgan fingerprint density at radius 3 is 1.27 bits per heavy atom. The Hall–Kier alpha value is -7.22. The Labute approximate surface area is 390 Å². The Morgan fingerprint density at radius 2 is 0.742 bits per heavy atom. The molecule has 9 aromatic rings. The van der Waals surface area contributed by atoms with Crippen molar-refractivity contribution in [2.75, 3.05) is 4.90 Å². The van der Waals surface area contributed by atoms with E-state index < -0.39 is 5.41 Å². The molecule has 9 aromatic carbocycles. The van der Waals surface area contributed by atoms with Crippen molar-refractivity contribution in [3.05, 3.63) is 258 Å². The zero-order chi connectivity index (χ0) is 43.7. The van der Waals surface area contributed by atoms with E-state index in [4.69, 9.17) is 0 Å². The molecule has 0 N–H and O–H groups in total. The highest BCUT2D eigenvalue weighted by molar-refractivity contribution is 5.97. The van der Waals surface area contributed by atoms with Crippen molar-refractivity contribution in [3.8, 4) is 44.5 Å². The van der Waals surface area contributed by atoms with Gasteiger partial charge in [0.1, 0.15) is 0 Å². The second-order valence-corrected chi connectivity index (χ2v) is 19.8. The first-order chi connectivity index (χ1) is 32.6. The minimum atomic E-state index is -0.530. The number of hydrogen-bond acceptors (Lipinski definition) is 1. The fourth-order valence-electron chi connectivity index (χ4n) is 13.8. The molecule has 0 unspecified atom stereocenters. The zero-order valence-electron chi connectivity index (χ0n) is 37.4. The minimum Gasteiger partial charge on any atom is -0.310 e. The van der Waals surface area contributed by atoms with Crippen LogP contribution in [0.15, 0.2) is 231 Å². The molecule has 4 bridgehead atoms. The van der Waals surface area contributed by atoms with Crippen LogP contribution in [0.1, 0.15) is 66.3 Å². The molecule has 0 atom stereocenters. The normalized spacial score (nSPS) is 20.7. The maximum absolute atomic E-state index is 2.56. The molecule has 66 heavy (non-hydrogen) atoms. The molecule has 1 nitrogen and oxygen atoms in total. The highest BCUT2D eigenvalue weighted by atomic mass is 15.1. The number of nitrogens with zero attached hydrogens (tertiary/aromatic N) is 1. The first-order valence-electron chi connectivity index (χ1n) is 24.3. The fraction of sp³-hybridized carbons (Fsp3) is 0.169. The summed E-state index contributed by atoms with van der Waals surface area (Å²) in [5.74, 6) is 2.70. The van der Waals surface area contributed by atoms with Gasteiger partial charge in [0, 0.05) is 16.9 Å². The van der Waals surface area contributed by atoms with E-state index in [0.717, 1.165) is 23.4 Å². The second kappa shape index (κ2) is 15.7. The molecule has 0 radical (unpaired) electrons. The van der Waals surface area contributed by atoms with Crippen LogP contribution < -0.4 is 4.90 Å². The lowest BCUT2D eigenvalue weighted by atomic mass is 9.48. The molecule has 0 aromatic heterocycles. The maximum Gasteiger partial charge on any atom is 0.0714 e. The van der Waals surface area contributed by atoms with Crippen molar-refractivity contribution in [1.82, 2.24) is 0 Å². The first kappa shape index (κ1) is 39.2.